The van der Waals surface area contributed by atoms with Crippen LogP contribution in [0.1, 0.15) is 16.8 Å². The maximum atomic E-state index is 12.3. The summed E-state index contributed by atoms with van der Waals surface area (Å²) in [4.78, 5) is 18.0. The molecule has 1 atom stereocenters. The second kappa shape index (κ2) is 5.14. The number of carbonyl (C=O) groups excluding carboxylic acids is 1. The maximum Gasteiger partial charge on any atom is 0.257 e. The van der Waals surface area contributed by atoms with Crippen molar-refractivity contribution in [1.29, 1.82) is 0 Å². The fraction of sp³-hybridized carbons (Fsp3) is 0.500. The molecule has 17 heavy (non-hydrogen) atoms. The van der Waals surface area contributed by atoms with Crippen LogP contribution in [-0.4, -0.2) is 47.6 Å². The third kappa shape index (κ3) is 2.39. The predicted octanol–water partition coefficient (Wildman–Crippen LogP) is 0.578. The van der Waals surface area contributed by atoms with Crippen molar-refractivity contribution in [1.82, 2.24) is 9.88 Å². The van der Waals surface area contributed by atoms with Crippen molar-refractivity contribution < 1.29 is 9.90 Å². The summed E-state index contributed by atoms with van der Waals surface area (Å²) in [5.41, 5.74) is 1.38. The molecule has 1 fully saturated rings. The summed E-state index contributed by atoms with van der Waals surface area (Å²) in [6.07, 6.45) is 4.11. The van der Waals surface area contributed by atoms with E-state index < -0.39 is 0 Å². The minimum atomic E-state index is -0.0154. The van der Waals surface area contributed by atoms with E-state index in [1.807, 2.05) is 0 Å². The van der Waals surface area contributed by atoms with Crippen molar-refractivity contribution in [3.63, 3.8) is 0 Å². The van der Waals surface area contributed by atoms with E-state index in [0.29, 0.717) is 18.7 Å². The van der Waals surface area contributed by atoms with Gasteiger partial charge in [-0.15, -0.1) is 0 Å². The maximum absolute atomic E-state index is 12.3. The van der Waals surface area contributed by atoms with Crippen LogP contribution in [0.3, 0.4) is 0 Å². The largest absolute Gasteiger partial charge is 0.396 e. The van der Waals surface area contributed by atoms with Crippen molar-refractivity contribution in [3.05, 3.63) is 24.0 Å². The lowest BCUT2D eigenvalue weighted by Crippen LogP contribution is -2.29. The van der Waals surface area contributed by atoms with Gasteiger partial charge in [0.2, 0.25) is 0 Å². The van der Waals surface area contributed by atoms with Gasteiger partial charge in [-0.25, -0.2) is 0 Å². The van der Waals surface area contributed by atoms with Crippen molar-refractivity contribution in [2.24, 2.45) is 5.92 Å². The number of rotatable bonds is 3. The Bertz CT molecular complexity index is 408. The highest BCUT2D eigenvalue weighted by molar-refractivity contribution is 5.99. The number of likely N-dealkylation sites (tertiary alicyclic amines) is 1. The second-order valence-electron chi connectivity index (χ2n) is 4.26. The van der Waals surface area contributed by atoms with E-state index in [-0.39, 0.29) is 18.4 Å². The van der Waals surface area contributed by atoms with Crippen molar-refractivity contribution in [3.8, 4) is 0 Å². The van der Waals surface area contributed by atoms with Crippen LogP contribution in [0.15, 0.2) is 18.5 Å². The van der Waals surface area contributed by atoms with Crippen molar-refractivity contribution in [2.75, 3.05) is 32.1 Å². The molecule has 1 aliphatic rings. The summed E-state index contributed by atoms with van der Waals surface area (Å²) < 4.78 is 0. The zero-order chi connectivity index (χ0) is 12.3. The minimum absolute atomic E-state index is 0.0154. The Morgan fingerprint density at radius 2 is 2.53 bits per heavy atom. The Balaban J connectivity index is 2.15. The smallest absolute Gasteiger partial charge is 0.257 e. The molecule has 5 heteroatoms. The normalized spacial score (nSPS) is 19.4. The number of hydrogen-bond acceptors (Lipinski definition) is 4. The van der Waals surface area contributed by atoms with Gasteiger partial charge in [0.1, 0.15) is 0 Å². The molecular formula is C12H17N3O2. The van der Waals surface area contributed by atoms with E-state index in [1.165, 1.54) is 0 Å². The van der Waals surface area contributed by atoms with Gasteiger partial charge in [0.25, 0.3) is 5.91 Å². The molecule has 1 aromatic heterocycles. The van der Waals surface area contributed by atoms with E-state index in [0.717, 1.165) is 12.1 Å². The fourth-order valence-electron chi connectivity index (χ4n) is 2.12. The average Bonchev–Trinajstić information content (AvgIpc) is 2.86. The Labute approximate surface area is 100 Å². The van der Waals surface area contributed by atoms with Crippen molar-refractivity contribution in [2.45, 2.75) is 6.42 Å². The first-order chi connectivity index (χ1) is 8.26. The molecule has 1 amide bonds. The molecule has 0 aliphatic carbocycles. The van der Waals surface area contributed by atoms with Gasteiger partial charge in [-0.3, -0.25) is 9.78 Å². The highest BCUT2D eigenvalue weighted by Crippen LogP contribution is 2.21. The number of hydrogen-bond donors (Lipinski definition) is 2. The monoisotopic (exact) mass is 235 g/mol. The molecule has 0 saturated carbocycles. The number of aliphatic hydroxyl groups is 1. The topological polar surface area (TPSA) is 65.5 Å². The van der Waals surface area contributed by atoms with Crippen LogP contribution in [0.25, 0.3) is 0 Å². The molecule has 1 saturated heterocycles. The Hall–Kier alpha value is -1.62. The van der Waals surface area contributed by atoms with Gasteiger partial charge in [-0.1, -0.05) is 0 Å². The molecule has 2 rings (SSSR count). The van der Waals surface area contributed by atoms with Crippen LogP contribution < -0.4 is 5.32 Å². The number of carbonyl (C=O) groups is 1. The van der Waals surface area contributed by atoms with Gasteiger partial charge in [0.15, 0.2) is 0 Å². The molecule has 1 aromatic rings. The van der Waals surface area contributed by atoms with Gasteiger partial charge in [-0.2, -0.15) is 0 Å². The molecule has 2 heterocycles. The first-order valence-corrected chi connectivity index (χ1v) is 5.78. The number of aromatic nitrogens is 1. The summed E-state index contributed by atoms with van der Waals surface area (Å²) in [7, 11) is 1.78. The molecule has 0 bridgehead atoms. The molecule has 1 unspecified atom stereocenters. The van der Waals surface area contributed by atoms with Crippen LogP contribution in [0.5, 0.6) is 0 Å². The fourth-order valence-corrected chi connectivity index (χ4v) is 2.12. The minimum Gasteiger partial charge on any atom is -0.396 e. The predicted molar refractivity (Wildman–Crippen MR) is 64.9 cm³/mol. The number of nitrogens with one attached hydrogen (secondary N) is 1. The van der Waals surface area contributed by atoms with Crippen LogP contribution in [0, 0.1) is 5.92 Å². The summed E-state index contributed by atoms with van der Waals surface area (Å²) in [6.45, 7) is 1.49. The highest BCUT2D eigenvalue weighted by Gasteiger charge is 2.27. The van der Waals surface area contributed by atoms with Crippen LogP contribution >= 0.6 is 0 Å². The van der Waals surface area contributed by atoms with Crippen LogP contribution in [0.4, 0.5) is 5.69 Å². The Kier molecular flexibility index (Phi) is 3.58. The first kappa shape index (κ1) is 11.9. The molecule has 0 radical (unpaired) electrons. The summed E-state index contributed by atoms with van der Waals surface area (Å²) in [6, 6.07) is 1.78. The number of aliphatic hydroxyl groups excluding tert-OH is 1. The third-order valence-corrected chi connectivity index (χ3v) is 3.15. The Morgan fingerprint density at radius 1 is 1.71 bits per heavy atom. The molecule has 0 spiro atoms. The molecule has 5 nitrogen and oxygen atoms in total. The van der Waals surface area contributed by atoms with Crippen LogP contribution in [-0.2, 0) is 0 Å². The zero-order valence-electron chi connectivity index (χ0n) is 9.89. The number of anilines is 1. The van der Waals surface area contributed by atoms with Gasteiger partial charge < -0.3 is 15.3 Å². The molecular weight excluding hydrogens is 218 g/mol. The van der Waals surface area contributed by atoms with Crippen molar-refractivity contribution >= 4 is 11.6 Å². The van der Waals surface area contributed by atoms with E-state index >= 15 is 0 Å². The van der Waals surface area contributed by atoms with Gasteiger partial charge in [0, 0.05) is 50.7 Å². The standard InChI is InChI=1S/C12H17N3O2/c1-13-11-2-4-14-6-10(11)12(17)15-5-3-9(7-15)8-16/h2,4,6,9,16H,3,5,7-8H2,1H3,(H,13,14). The number of pyridine rings is 1. The third-order valence-electron chi connectivity index (χ3n) is 3.15. The lowest BCUT2D eigenvalue weighted by Gasteiger charge is -2.17. The van der Waals surface area contributed by atoms with Gasteiger partial charge >= 0.3 is 0 Å². The molecule has 0 aromatic carbocycles. The van der Waals surface area contributed by atoms with Gasteiger partial charge in [-0.05, 0) is 12.5 Å². The number of nitrogens with zero attached hydrogens (tertiary/aromatic N) is 2. The molecule has 1 aliphatic heterocycles. The molecule has 2 N–H and O–H groups in total. The number of amides is 1. The first-order valence-electron chi connectivity index (χ1n) is 5.78. The zero-order valence-corrected chi connectivity index (χ0v) is 9.89. The summed E-state index contributed by atoms with van der Waals surface area (Å²) in [5.74, 6) is 0.201. The molecule has 92 valence electrons. The average molecular weight is 235 g/mol. The summed E-state index contributed by atoms with van der Waals surface area (Å²) in [5, 5.41) is 12.1. The second-order valence-corrected chi connectivity index (χ2v) is 4.26. The lowest BCUT2D eigenvalue weighted by atomic mass is 10.1. The van der Waals surface area contributed by atoms with Gasteiger partial charge in [0.05, 0.1) is 5.56 Å². The highest BCUT2D eigenvalue weighted by atomic mass is 16.3. The van der Waals surface area contributed by atoms with E-state index in [2.05, 4.69) is 10.3 Å². The quantitative estimate of drug-likeness (QED) is 0.804. The lowest BCUT2D eigenvalue weighted by molar-refractivity contribution is 0.0782. The van der Waals surface area contributed by atoms with E-state index in [4.69, 9.17) is 5.11 Å². The Morgan fingerprint density at radius 3 is 3.18 bits per heavy atom. The van der Waals surface area contributed by atoms with E-state index in [1.54, 1.807) is 30.4 Å². The van der Waals surface area contributed by atoms with Crippen LogP contribution in [0.2, 0.25) is 0 Å². The van der Waals surface area contributed by atoms with E-state index in [9.17, 15) is 4.79 Å². The summed E-state index contributed by atoms with van der Waals surface area (Å²) >= 11 is 0. The SMILES string of the molecule is CNc1ccncc1C(=O)N1CCC(CO)C1.